The highest BCUT2D eigenvalue weighted by Gasteiger charge is 2.19. The number of pyridine rings is 1. The molecular formula is C16H16ClN3OS. The van der Waals surface area contributed by atoms with Crippen molar-refractivity contribution < 1.29 is 5.11 Å². The van der Waals surface area contributed by atoms with Gasteiger partial charge in [-0.1, -0.05) is 17.5 Å². The van der Waals surface area contributed by atoms with Gasteiger partial charge in [0.1, 0.15) is 10.8 Å². The average molecular weight is 334 g/mol. The van der Waals surface area contributed by atoms with Gasteiger partial charge in [-0.15, -0.1) is 11.3 Å². The Balaban J connectivity index is 1.89. The number of halogens is 1. The van der Waals surface area contributed by atoms with E-state index in [1.54, 1.807) is 17.5 Å². The minimum absolute atomic E-state index is 0.207. The Morgan fingerprint density at radius 3 is 2.82 bits per heavy atom. The van der Waals surface area contributed by atoms with E-state index in [1.807, 2.05) is 18.4 Å². The molecule has 114 valence electrons. The lowest BCUT2D eigenvalue weighted by Crippen LogP contribution is -2.36. The fourth-order valence-electron chi connectivity index (χ4n) is 2.44. The van der Waals surface area contributed by atoms with Gasteiger partial charge in [0.2, 0.25) is 0 Å². The van der Waals surface area contributed by atoms with E-state index < -0.39 is 0 Å². The first-order chi connectivity index (χ1) is 10.6. The Hall–Kier alpha value is -1.61. The maximum Gasteiger partial charge on any atom is 0.131 e. The summed E-state index contributed by atoms with van der Waals surface area (Å²) in [7, 11) is 0. The minimum Gasteiger partial charge on any atom is -0.393 e. The molecule has 0 spiro atoms. The van der Waals surface area contributed by atoms with Crippen molar-refractivity contribution in [2.75, 3.05) is 18.0 Å². The molecule has 6 heteroatoms. The molecule has 0 amide bonds. The molecule has 3 rings (SSSR count). The molecule has 0 atom stereocenters. The summed E-state index contributed by atoms with van der Waals surface area (Å²) in [5, 5.41) is 13.1. The molecular weight excluding hydrogens is 318 g/mol. The summed E-state index contributed by atoms with van der Waals surface area (Å²) < 4.78 is 0. The molecule has 2 aromatic rings. The fraction of sp³-hybridized carbons (Fsp3) is 0.375. The number of hydrogen-bond donors (Lipinski definition) is 1. The number of hydrogen-bond acceptors (Lipinski definition) is 5. The van der Waals surface area contributed by atoms with Crippen molar-refractivity contribution in [1.82, 2.24) is 9.97 Å². The Labute approximate surface area is 138 Å². The molecule has 0 aromatic carbocycles. The molecule has 1 aliphatic rings. The number of aliphatic hydroxyl groups is 1. The van der Waals surface area contributed by atoms with Crippen molar-refractivity contribution in [3.8, 4) is 11.8 Å². The van der Waals surface area contributed by atoms with Crippen molar-refractivity contribution >= 4 is 28.6 Å². The zero-order valence-electron chi connectivity index (χ0n) is 12.2. The molecule has 4 nitrogen and oxygen atoms in total. The van der Waals surface area contributed by atoms with Crippen LogP contribution in [0.4, 0.5) is 5.69 Å². The van der Waals surface area contributed by atoms with Crippen LogP contribution in [0.25, 0.3) is 0 Å². The second-order valence-corrected chi connectivity index (χ2v) is 6.69. The van der Waals surface area contributed by atoms with Crippen molar-refractivity contribution in [3.05, 3.63) is 39.1 Å². The van der Waals surface area contributed by atoms with Gasteiger partial charge in [0.15, 0.2) is 0 Å². The average Bonchev–Trinajstić information content (AvgIpc) is 2.92. The number of aryl methyl sites for hydroxylation is 1. The van der Waals surface area contributed by atoms with Crippen LogP contribution < -0.4 is 4.90 Å². The van der Waals surface area contributed by atoms with Gasteiger partial charge in [0, 0.05) is 30.7 Å². The lowest BCUT2D eigenvalue weighted by molar-refractivity contribution is 0.145. The molecule has 0 radical (unpaired) electrons. The van der Waals surface area contributed by atoms with Crippen LogP contribution in [0.15, 0.2) is 17.6 Å². The van der Waals surface area contributed by atoms with Crippen LogP contribution in [0.2, 0.25) is 5.15 Å². The molecule has 1 fully saturated rings. The van der Waals surface area contributed by atoms with Crippen LogP contribution in [0.3, 0.4) is 0 Å². The van der Waals surface area contributed by atoms with E-state index in [2.05, 4.69) is 26.7 Å². The number of piperidine rings is 1. The van der Waals surface area contributed by atoms with E-state index in [4.69, 9.17) is 11.6 Å². The Morgan fingerprint density at radius 2 is 2.14 bits per heavy atom. The van der Waals surface area contributed by atoms with Gasteiger partial charge in [-0.2, -0.15) is 0 Å². The lowest BCUT2D eigenvalue weighted by atomic mass is 10.1. The van der Waals surface area contributed by atoms with Gasteiger partial charge < -0.3 is 10.0 Å². The molecule has 1 saturated heterocycles. The first-order valence-electron chi connectivity index (χ1n) is 7.14. The summed E-state index contributed by atoms with van der Waals surface area (Å²) >= 11 is 7.63. The van der Waals surface area contributed by atoms with E-state index in [9.17, 15) is 5.11 Å². The topological polar surface area (TPSA) is 49.2 Å². The predicted molar refractivity (Wildman–Crippen MR) is 89.5 cm³/mol. The first kappa shape index (κ1) is 15.3. The first-order valence-corrected chi connectivity index (χ1v) is 8.40. The van der Waals surface area contributed by atoms with Crippen LogP contribution in [-0.4, -0.2) is 34.3 Å². The largest absolute Gasteiger partial charge is 0.393 e. The quantitative estimate of drug-likeness (QED) is 0.644. The third kappa shape index (κ3) is 3.58. The standard InChI is InChI=1S/C16H16ClN3OS/c1-11-19-13(10-22-11)3-2-12-9-18-16(17)8-15(12)20-6-4-14(21)5-7-20/h8-10,14,21H,4-7H2,1H3. The Kier molecular flexibility index (Phi) is 4.63. The lowest BCUT2D eigenvalue weighted by Gasteiger charge is -2.32. The van der Waals surface area contributed by atoms with Crippen LogP contribution in [0.1, 0.15) is 29.1 Å². The number of anilines is 1. The number of rotatable bonds is 1. The van der Waals surface area contributed by atoms with Gasteiger partial charge in [0.05, 0.1) is 22.4 Å². The maximum atomic E-state index is 9.65. The van der Waals surface area contributed by atoms with Crippen molar-refractivity contribution in [1.29, 1.82) is 0 Å². The van der Waals surface area contributed by atoms with Crippen LogP contribution in [0.5, 0.6) is 0 Å². The van der Waals surface area contributed by atoms with E-state index in [0.717, 1.165) is 47.9 Å². The van der Waals surface area contributed by atoms with E-state index >= 15 is 0 Å². The molecule has 0 saturated carbocycles. The predicted octanol–water partition coefficient (Wildman–Crippen LogP) is 2.86. The van der Waals surface area contributed by atoms with Gasteiger partial charge in [-0.3, -0.25) is 0 Å². The van der Waals surface area contributed by atoms with Gasteiger partial charge in [-0.25, -0.2) is 9.97 Å². The molecule has 3 heterocycles. The number of aliphatic hydroxyl groups excluding tert-OH is 1. The molecule has 22 heavy (non-hydrogen) atoms. The third-order valence-electron chi connectivity index (χ3n) is 3.60. The Morgan fingerprint density at radius 1 is 1.36 bits per heavy atom. The van der Waals surface area contributed by atoms with E-state index in [0.29, 0.717) is 5.15 Å². The van der Waals surface area contributed by atoms with Crippen molar-refractivity contribution in [2.45, 2.75) is 25.9 Å². The summed E-state index contributed by atoms with van der Waals surface area (Å²) in [4.78, 5) is 10.7. The van der Waals surface area contributed by atoms with Gasteiger partial charge in [0.25, 0.3) is 0 Å². The molecule has 0 bridgehead atoms. The van der Waals surface area contributed by atoms with Crippen molar-refractivity contribution in [2.24, 2.45) is 0 Å². The summed E-state index contributed by atoms with van der Waals surface area (Å²) in [6.07, 6.45) is 3.02. The smallest absolute Gasteiger partial charge is 0.131 e. The number of thiazole rings is 1. The monoisotopic (exact) mass is 333 g/mol. The normalized spacial score (nSPS) is 15.5. The molecule has 1 N–H and O–H groups in total. The highest BCUT2D eigenvalue weighted by atomic mass is 35.5. The molecule has 0 aliphatic carbocycles. The summed E-state index contributed by atoms with van der Waals surface area (Å²) in [5.74, 6) is 6.23. The summed E-state index contributed by atoms with van der Waals surface area (Å²) in [5.41, 5.74) is 2.59. The SMILES string of the molecule is Cc1nc(C#Cc2cnc(Cl)cc2N2CCC(O)CC2)cs1. The zero-order chi connectivity index (χ0) is 15.5. The van der Waals surface area contributed by atoms with Crippen LogP contribution >= 0.6 is 22.9 Å². The second-order valence-electron chi connectivity index (χ2n) is 5.24. The highest BCUT2D eigenvalue weighted by Crippen LogP contribution is 2.26. The van der Waals surface area contributed by atoms with E-state index in [-0.39, 0.29) is 6.10 Å². The molecule has 2 aromatic heterocycles. The van der Waals surface area contributed by atoms with Crippen molar-refractivity contribution in [3.63, 3.8) is 0 Å². The molecule has 0 unspecified atom stereocenters. The minimum atomic E-state index is -0.207. The Bertz CT molecular complexity index is 726. The van der Waals surface area contributed by atoms with Crippen LogP contribution in [0, 0.1) is 18.8 Å². The zero-order valence-corrected chi connectivity index (χ0v) is 13.8. The maximum absolute atomic E-state index is 9.65. The third-order valence-corrected chi connectivity index (χ3v) is 4.58. The van der Waals surface area contributed by atoms with Gasteiger partial charge >= 0.3 is 0 Å². The summed E-state index contributed by atoms with van der Waals surface area (Å²) in [6.45, 7) is 3.56. The number of aromatic nitrogens is 2. The number of nitrogens with zero attached hydrogens (tertiary/aromatic N) is 3. The fourth-order valence-corrected chi connectivity index (χ4v) is 3.13. The van der Waals surface area contributed by atoms with Crippen LogP contribution in [-0.2, 0) is 0 Å². The van der Waals surface area contributed by atoms with E-state index in [1.165, 1.54) is 0 Å². The molecule has 1 aliphatic heterocycles. The second kappa shape index (κ2) is 6.66. The summed E-state index contributed by atoms with van der Waals surface area (Å²) in [6, 6.07) is 1.84. The van der Waals surface area contributed by atoms with Gasteiger partial charge in [-0.05, 0) is 25.7 Å². The highest BCUT2D eigenvalue weighted by molar-refractivity contribution is 7.09.